The van der Waals surface area contributed by atoms with Gasteiger partial charge in [0.15, 0.2) is 18.0 Å². The first-order valence-corrected chi connectivity index (χ1v) is 13.7. The first-order valence-electron chi connectivity index (χ1n) is 11.0. The summed E-state index contributed by atoms with van der Waals surface area (Å²) in [5.41, 5.74) is 6.90. The van der Waals surface area contributed by atoms with Gasteiger partial charge < -0.3 is 24.3 Å². The predicted octanol–water partition coefficient (Wildman–Crippen LogP) is 4.31. The van der Waals surface area contributed by atoms with Gasteiger partial charge in [-0.3, -0.25) is 4.57 Å². The van der Waals surface area contributed by atoms with Crippen LogP contribution in [0.5, 0.6) is 0 Å². The zero-order valence-corrected chi connectivity index (χ0v) is 22.2. The number of aromatic nitrogens is 4. The average Bonchev–Trinajstić information content (AvgIpc) is 3.39. The molecule has 186 valence electrons. The van der Waals surface area contributed by atoms with Crippen molar-refractivity contribution in [2.45, 2.75) is 38.7 Å². The summed E-state index contributed by atoms with van der Waals surface area (Å²) in [5.74, 6) is 1.17. The van der Waals surface area contributed by atoms with Crippen LogP contribution in [0.3, 0.4) is 0 Å². The monoisotopic (exact) mass is 613 g/mol. The molecule has 0 spiro atoms. The lowest BCUT2D eigenvalue weighted by Gasteiger charge is -2.19. The molecule has 3 atom stereocenters. The Morgan fingerprint density at radius 2 is 1.97 bits per heavy atom. The molecule has 1 aromatic carbocycles. The number of anilines is 1. The summed E-state index contributed by atoms with van der Waals surface area (Å²) in [6.45, 7) is 3.93. The maximum Gasteiger partial charge on any atom is 0.353 e. The van der Waals surface area contributed by atoms with Crippen LogP contribution in [-0.4, -0.2) is 51.1 Å². The van der Waals surface area contributed by atoms with Crippen LogP contribution in [0.4, 0.5) is 5.82 Å². The highest BCUT2D eigenvalue weighted by Gasteiger charge is 2.41. The van der Waals surface area contributed by atoms with Crippen molar-refractivity contribution < 1.29 is 27.9 Å². The Morgan fingerprint density at radius 1 is 1.26 bits per heavy atom. The fourth-order valence-electron chi connectivity index (χ4n) is 3.71. The van der Waals surface area contributed by atoms with E-state index in [2.05, 4.69) is 15.1 Å². The van der Waals surface area contributed by atoms with Crippen molar-refractivity contribution in [1.82, 2.24) is 19.7 Å². The third-order valence-electron chi connectivity index (χ3n) is 5.18. The molecule has 1 unspecified atom stereocenters. The Bertz CT molecular complexity index is 1260. The molecule has 11 nitrogen and oxygen atoms in total. The van der Waals surface area contributed by atoms with E-state index in [0.29, 0.717) is 20.3 Å². The van der Waals surface area contributed by atoms with Crippen molar-refractivity contribution in [3.05, 3.63) is 57.8 Å². The average molecular weight is 613 g/mol. The maximum absolute atomic E-state index is 12.9. The van der Waals surface area contributed by atoms with Crippen LogP contribution >= 0.6 is 30.2 Å². The Balaban J connectivity index is 1.66. The minimum Gasteiger partial charge on any atom is -0.454 e. The zero-order chi connectivity index (χ0) is 25.0. The Morgan fingerprint density at radius 3 is 2.66 bits per heavy atom. The van der Waals surface area contributed by atoms with Crippen molar-refractivity contribution in [3.8, 4) is 0 Å². The second-order valence-electron chi connectivity index (χ2n) is 7.52. The van der Waals surface area contributed by atoms with Crippen LogP contribution in [-0.2, 0) is 23.1 Å². The van der Waals surface area contributed by atoms with Gasteiger partial charge in [0.2, 0.25) is 0 Å². The van der Waals surface area contributed by atoms with Crippen molar-refractivity contribution in [2.75, 3.05) is 18.9 Å². The molecule has 0 radical (unpaired) electrons. The number of fused-ring (bicyclic) bond motifs is 1. The largest absolute Gasteiger partial charge is 0.454 e. The summed E-state index contributed by atoms with van der Waals surface area (Å²) in [6, 6.07) is 8.67. The van der Waals surface area contributed by atoms with E-state index in [1.807, 2.05) is 28.7 Å². The van der Waals surface area contributed by atoms with E-state index in [1.165, 1.54) is 16.8 Å². The van der Waals surface area contributed by atoms with Gasteiger partial charge in [0, 0.05) is 12.2 Å². The smallest absolute Gasteiger partial charge is 0.353 e. The molecule has 2 N–H and O–H groups in total. The molecular formula is C22H25IN5O6P. The number of nitrogen functional groups attached to an aromatic ring is 1. The number of carbonyl (C=O) groups excluding carboxylic acids is 1. The van der Waals surface area contributed by atoms with Crippen molar-refractivity contribution >= 4 is 53.0 Å². The Labute approximate surface area is 215 Å². The molecule has 0 amide bonds. The van der Waals surface area contributed by atoms with Crippen molar-refractivity contribution in [2.24, 2.45) is 0 Å². The van der Waals surface area contributed by atoms with E-state index < -0.39 is 32.0 Å². The zero-order valence-electron chi connectivity index (χ0n) is 19.1. The molecule has 0 aliphatic carbocycles. The third-order valence-corrected chi connectivity index (χ3v) is 7.71. The number of halogens is 1. The van der Waals surface area contributed by atoms with Gasteiger partial charge in [-0.15, -0.1) is 0 Å². The highest BCUT2D eigenvalue weighted by atomic mass is 127. The van der Waals surface area contributed by atoms with Gasteiger partial charge in [-0.2, -0.15) is 5.10 Å². The summed E-state index contributed by atoms with van der Waals surface area (Å²) >= 11 is 2.04. The molecule has 1 aliphatic heterocycles. The molecule has 2 aromatic heterocycles. The molecule has 1 saturated heterocycles. The number of esters is 1. The van der Waals surface area contributed by atoms with Gasteiger partial charge in [0.1, 0.15) is 15.8 Å². The number of benzene rings is 1. The molecule has 3 heterocycles. The second-order valence-corrected chi connectivity index (χ2v) is 10.4. The van der Waals surface area contributed by atoms with E-state index in [0.717, 1.165) is 0 Å². The lowest BCUT2D eigenvalue weighted by molar-refractivity contribution is -0.0440. The minimum absolute atomic E-state index is 0.228. The van der Waals surface area contributed by atoms with Crippen molar-refractivity contribution in [3.63, 3.8) is 0 Å². The minimum atomic E-state index is -3.43. The van der Waals surface area contributed by atoms with Crippen LogP contribution in [0.15, 0.2) is 48.6 Å². The standard InChI is InChI=1S/C22H25IN5O6P/c1-3-31-35(30,32-4-2)11-10-15-12-16(34-22(29)14-8-6-5-7-9-14)21(33-15)28-20-17(18(23)27-28)19(24)25-13-26-20/h5-11,13,15-16,21H,3-4,12H2,1-2H3,(H2,24,25,26)/b11-10+/t15-,16?,21-/m1/s1. The van der Waals surface area contributed by atoms with Gasteiger partial charge in [0.05, 0.1) is 30.3 Å². The van der Waals surface area contributed by atoms with Gasteiger partial charge >= 0.3 is 13.6 Å². The van der Waals surface area contributed by atoms with Crippen LogP contribution in [0, 0.1) is 3.70 Å². The fraction of sp³-hybridized carbons (Fsp3) is 0.364. The summed E-state index contributed by atoms with van der Waals surface area (Å²) in [7, 11) is -3.43. The van der Waals surface area contributed by atoms with Crippen LogP contribution in [0.2, 0.25) is 0 Å². The SMILES string of the molecule is CCOP(=O)(/C=C/[C@@H]1CC(OC(=O)c2ccccc2)[C@H](n2nc(I)c3c(N)ncnc32)O1)OCC. The number of nitrogens with two attached hydrogens (primary N) is 1. The molecule has 35 heavy (non-hydrogen) atoms. The maximum atomic E-state index is 12.9. The molecular weight excluding hydrogens is 588 g/mol. The summed E-state index contributed by atoms with van der Waals surface area (Å²) in [4.78, 5) is 21.2. The third kappa shape index (κ3) is 5.72. The summed E-state index contributed by atoms with van der Waals surface area (Å²) < 4.78 is 37.7. The van der Waals surface area contributed by atoms with Crippen molar-refractivity contribution in [1.29, 1.82) is 0 Å². The van der Waals surface area contributed by atoms with Gasteiger partial charge in [0.25, 0.3) is 0 Å². The lowest BCUT2D eigenvalue weighted by Crippen LogP contribution is -2.26. The number of nitrogens with zero attached hydrogens (tertiary/aromatic N) is 4. The predicted molar refractivity (Wildman–Crippen MR) is 137 cm³/mol. The van der Waals surface area contributed by atoms with Gasteiger partial charge in [-0.1, -0.05) is 18.2 Å². The number of carbonyl (C=O) groups is 1. The topological polar surface area (TPSA) is 141 Å². The number of ether oxygens (including phenoxy) is 2. The quantitative estimate of drug-likeness (QED) is 0.211. The Hall–Kier alpha value is -2.38. The van der Waals surface area contributed by atoms with Crippen LogP contribution < -0.4 is 5.73 Å². The fourth-order valence-corrected chi connectivity index (χ4v) is 5.83. The van der Waals surface area contributed by atoms with E-state index in [4.69, 9.17) is 24.3 Å². The molecule has 13 heteroatoms. The van der Waals surface area contributed by atoms with Gasteiger partial charge in [-0.05, 0) is 54.6 Å². The molecule has 1 fully saturated rings. The van der Waals surface area contributed by atoms with E-state index in [-0.39, 0.29) is 25.5 Å². The molecule has 1 aliphatic rings. The highest BCUT2D eigenvalue weighted by molar-refractivity contribution is 14.1. The molecule has 3 aromatic rings. The Kier molecular flexibility index (Phi) is 8.17. The lowest BCUT2D eigenvalue weighted by atomic mass is 10.2. The van der Waals surface area contributed by atoms with Crippen LogP contribution in [0.25, 0.3) is 11.0 Å². The molecule has 0 bridgehead atoms. The van der Waals surface area contributed by atoms with E-state index in [1.54, 1.807) is 44.2 Å². The second kappa shape index (κ2) is 11.1. The van der Waals surface area contributed by atoms with E-state index in [9.17, 15) is 9.36 Å². The first-order chi connectivity index (χ1) is 16.8. The van der Waals surface area contributed by atoms with E-state index >= 15 is 0 Å². The number of hydrogen-bond acceptors (Lipinski definition) is 10. The summed E-state index contributed by atoms with van der Waals surface area (Å²) in [5, 5.41) is 5.13. The molecule has 4 rings (SSSR count). The number of rotatable bonds is 9. The highest BCUT2D eigenvalue weighted by Crippen LogP contribution is 2.50. The first kappa shape index (κ1) is 25.7. The van der Waals surface area contributed by atoms with Crippen LogP contribution in [0.1, 0.15) is 36.9 Å². The normalized spacial score (nSPS) is 20.6. The summed E-state index contributed by atoms with van der Waals surface area (Å²) in [6.07, 6.45) is 1.15. The molecule has 0 saturated carbocycles. The number of hydrogen-bond donors (Lipinski definition) is 1. The van der Waals surface area contributed by atoms with Gasteiger partial charge in [-0.25, -0.2) is 19.4 Å².